The summed E-state index contributed by atoms with van der Waals surface area (Å²) in [5.74, 6) is -7.52. The number of hydrogen-bond donors (Lipinski definition) is 2. The summed E-state index contributed by atoms with van der Waals surface area (Å²) in [4.78, 5) is 45.9. The molecule has 0 fully saturated rings. The first-order valence-corrected chi connectivity index (χ1v) is 7.07. The van der Waals surface area contributed by atoms with Gasteiger partial charge in [-0.15, -0.1) is 0 Å². The topological polar surface area (TPSA) is 127 Å². The lowest BCUT2D eigenvalue weighted by Gasteiger charge is -2.21. The smallest absolute Gasteiger partial charge is 0.310 e. The summed E-state index contributed by atoms with van der Waals surface area (Å²) in [5.41, 5.74) is 0.674. The van der Waals surface area contributed by atoms with E-state index < -0.39 is 48.6 Å². The quantitative estimate of drug-likeness (QED) is 0.640. The highest BCUT2D eigenvalue weighted by Crippen LogP contribution is 2.24. The summed E-state index contributed by atoms with van der Waals surface area (Å²) < 4.78 is 9.53. The van der Waals surface area contributed by atoms with Gasteiger partial charge in [-0.2, -0.15) is 0 Å². The Hall–Kier alpha value is -2.90. The third kappa shape index (κ3) is 6.07. The van der Waals surface area contributed by atoms with E-state index in [0.717, 1.165) is 7.11 Å². The molecule has 0 unspecified atom stereocenters. The van der Waals surface area contributed by atoms with Crippen molar-refractivity contribution < 1.29 is 38.9 Å². The van der Waals surface area contributed by atoms with Crippen LogP contribution in [-0.2, 0) is 35.3 Å². The zero-order valence-corrected chi connectivity index (χ0v) is 13.0. The van der Waals surface area contributed by atoms with Crippen molar-refractivity contribution in [2.75, 3.05) is 7.11 Å². The summed E-state index contributed by atoms with van der Waals surface area (Å²) in [6, 6.07) is 8.65. The number of ether oxygens (including phenoxy) is 2. The van der Waals surface area contributed by atoms with Crippen LogP contribution in [0.4, 0.5) is 0 Å². The van der Waals surface area contributed by atoms with Gasteiger partial charge in [-0.1, -0.05) is 30.3 Å². The Balaban J connectivity index is 2.91. The van der Waals surface area contributed by atoms with Gasteiger partial charge < -0.3 is 19.7 Å². The van der Waals surface area contributed by atoms with E-state index in [9.17, 15) is 19.2 Å². The van der Waals surface area contributed by atoms with Crippen LogP contribution in [0.2, 0.25) is 0 Å². The predicted octanol–water partition coefficient (Wildman–Crippen LogP) is 1.08. The maximum atomic E-state index is 12.2. The van der Waals surface area contributed by atoms with Gasteiger partial charge in [0.1, 0.15) is 6.61 Å². The molecule has 0 saturated carbocycles. The summed E-state index contributed by atoms with van der Waals surface area (Å²) in [5, 5.41) is 17.8. The molecule has 0 saturated heterocycles. The van der Waals surface area contributed by atoms with Crippen LogP contribution in [0.25, 0.3) is 0 Å². The average Bonchev–Trinajstić information content (AvgIpc) is 2.55. The molecule has 0 heterocycles. The molecule has 0 aliphatic rings. The first-order chi connectivity index (χ1) is 11.3. The number of aliphatic carboxylic acids is 2. The normalized spacial score (nSPS) is 12.7. The molecule has 0 spiro atoms. The highest BCUT2D eigenvalue weighted by Gasteiger charge is 2.38. The van der Waals surface area contributed by atoms with Crippen LogP contribution in [0.1, 0.15) is 18.4 Å². The van der Waals surface area contributed by atoms with Gasteiger partial charge in [0.05, 0.1) is 31.8 Å². The second-order valence-electron chi connectivity index (χ2n) is 5.03. The van der Waals surface area contributed by atoms with Crippen molar-refractivity contribution in [2.24, 2.45) is 11.8 Å². The molecule has 24 heavy (non-hydrogen) atoms. The predicted molar refractivity (Wildman–Crippen MR) is 79.7 cm³/mol. The number of carbonyl (C=O) groups is 4. The van der Waals surface area contributed by atoms with E-state index in [0.29, 0.717) is 5.56 Å². The largest absolute Gasteiger partial charge is 0.481 e. The monoisotopic (exact) mass is 338 g/mol. The van der Waals surface area contributed by atoms with Gasteiger partial charge in [-0.3, -0.25) is 19.2 Å². The Kier molecular flexibility index (Phi) is 7.41. The first kappa shape index (κ1) is 19.1. The van der Waals surface area contributed by atoms with Crippen molar-refractivity contribution in [1.29, 1.82) is 0 Å². The Bertz CT molecular complexity index is 595. The van der Waals surface area contributed by atoms with Crippen LogP contribution in [0.5, 0.6) is 0 Å². The number of benzene rings is 1. The molecular weight excluding hydrogens is 320 g/mol. The SMILES string of the molecule is COC(=O)[C@@H](CC(=O)O)[C@@H](CC(=O)O)C(=O)OCc1ccccc1. The lowest BCUT2D eigenvalue weighted by atomic mass is 9.87. The van der Waals surface area contributed by atoms with Crippen LogP contribution in [0.15, 0.2) is 30.3 Å². The van der Waals surface area contributed by atoms with Gasteiger partial charge in [0, 0.05) is 0 Å². The molecule has 0 radical (unpaired) electrons. The van der Waals surface area contributed by atoms with Crippen molar-refractivity contribution >= 4 is 23.9 Å². The number of carboxylic acid groups (broad SMARTS) is 2. The van der Waals surface area contributed by atoms with Crippen molar-refractivity contribution in [1.82, 2.24) is 0 Å². The third-order valence-electron chi connectivity index (χ3n) is 3.31. The van der Waals surface area contributed by atoms with Crippen molar-refractivity contribution in [3.8, 4) is 0 Å². The van der Waals surface area contributed by atoms with E-state index >= 15 is 0 Å². The fraction of sp³-hybridized carbons (Fsp3) is 0.375. The number of carboxylic acids is 2. The summed E-state index contributed by atoms with van der Waals surface area (Å²) in [7, 11) is 1.03. The van der Waals surface area contributed by atoms with E-state index in [-0.39, 0.29) is 6.61 Å². The molecule has 1 aromatic rings. The van der Waals surface area contributed by atoms with Crippen molar-refractivity contribution in [3.05, 3.63) is 35.9 Å². The average molecular weight is 338 g/mol. The maximum absolute atomic E-state index is 12.2. The zero-order chi connectivity index (χ0) is 18.1. The van der Waals surface area contributed by atoms with Gasteiger partial charge >= 0.3 is 23.9 Å². The van der Waals surface area contributed by atoms with E-state index in [2.05, 4.69) is 4.74 Å². The van der Waals surface area contributed by atoms with E-state index in [1.54, 1.807) is 30.3 Å². The minimum absolute atomic E-state index is 0.114. The highest BCUT2D eigenvalue weighted by atomic mass is 16.5. The Labute approximate surface area is 138 Å². The fourth-order valence-corrected chi connectivity index (χ4v) is 2.14. The molecule has 8 nitrogen and oxygen atoms in total. The summed E-state index contributed by atoms with van der Waals surface area (Å²) in [6.45, 7) is -0.114. The fourth-order valence-electron chi connectivity index (χ4n) is 2.14. The van der Waals surface area contributed by atoms with Crippen LogP contribution >= 0.6 is 0 Å². The van der Waals surface area contributed by atoms with Gasteiger partial charge in [-0.05, 0) is 5.56 Å². The van der Waals surface area contributed by atoms with Gasteiger partial charge in [0.25, 0.3) is 0 Å². The maximum Gasteiger partial charge on any atom is 0.310 e. The minimum Gasteiger partial charge on any atom is -0.481 e. The number of rotatable bonds is 9. The standard InChI is InChI=1S/C16H18O8/c1-23-15(21)11(7-13(17)18)12(8-14(19)20)16(22)24-9-10-5-3-2-4-6-10/h2-6,11-12H,7-9H2,1H3,(H,17,18)(H,19,20)/t11-,12+/m0/s1. The molecule has 0 aliphatic heterocycles. The van der Waals surface area contributed by atoms with Crippen LogP contribution in [0, 0.1) is 11.8 Å². The molecule has 8 heteroatoms. The Morgan fingerprint density at radius 2 is 1.42 bits per heavy atom. The van der Waals surface area contributed by atoms with Gasteiger partial charge in [-0.25, -0.2) is 0 Å². The zero-order valence-electron chi connectivity index (χ0n) is 13.0. The summed E-state index contributed by atoms with van der Waals surface area (Å²) >= 11 is 0. The molecule has 0 aromatic heterocycles. The molecule has 2 N–H and O–H groups in total. The Morgan fingerprint density at radius 1 is 0.917 bits per heavy atom. The highest BCUT2D eigenvalue weighted by molar-refractivity contribution is 5.87. The number of hydrogen-bond acceptors (Lipinski definition) is 6. The van der Waals surface area contributed by atoms with Gasteiger partial charge in [0.15, 0.2) is 0 Å². The lowest BCUT2D eigenvalue weighted by molar-refractivity contribution is -0.165. The molecule has 0 aliphatic carbocycles. The molecule has 0 bridgehead atoms. The number of methoxy groups -OCH3 is 1. The van der Waals surface area contributed by atoms with E-state index in [4.69, 9.17) is 14.9 Å². The van der Waals surface area contributed by atoms with Crippen molar-refractivity contribution in [3.63, 3.8) is 0 Å². The van der Waals surface area contributed by atoms with Gasteiger partial charge in [0.2, 0.25) is 0 Å². The molecule has 2 atom stereocenters. The third-order valence-corrected chi connectivity index (χ3v) is 3.31. The molecule has 130 valence electrons. The molecule has 1 rings (SSSR count). The molecule has 0 amide bonds. The summed E-state index contributed by atoms with van der Waals surface area (Å²) in [6.07, 6.45) is -1.47. The van der Waals surface area contributed by atoms with E-state index in [1.165, 1.54) is 0 Å². The second kappa shape index (κ2) is 9.29. The minimum atomic E-state index is -1.45. The number of esters is 2. The Morgan fingerprint density at radius 3 is 1.88 bits per heavy atom. The van der Waals surface area contributed by atoms with Crippen LogP contribution in [-0.4, -0.2) is 41.2 Å². The van der Waals surface area contributed by atoms with Crippen LogP contribution < -0.4 is 0 Å². The number of carbonyl (C=O) groups excluding carboxylic acids is 2. The van der Waals surface area contributed by atoms with E-state index in [1.807, 2.05) is 0 Å². The second-order valence-corrected chi connectivity index (χ2v) is 5.03. The molecule has 1 aromatic carbocycles. The molecular formula is C16H18O8. The lowest BCUT2D eigenvalue weighted by Crippen LogP contribution is -2.35. The first-order valence-electron chi connectivity index (χ1n) is 7.07. The van der Waals surface area contributed by atoms with Crippen LogP contribution in [0.3, 0.4) is 0 Å². The van der Waals surface area contributed by atoms with Crippen molar-refractivity contribution in [2.45, 2.75) is 19.4 Å².